The van der Waals surface area contributed by atoms with Crippen molar-refractivity contribution in [1.29, 1.82) is 0 Å². The van der Waals surface area contributed by atoms with E-state index in [1.165, 1.54) is 12.0 Å². The number of methoxy groups -OCH3 is 1. The maximum Gasteiger partial charge on any atom is 0.416 e. The molecule has 1 aromatic heterocycles. The van der Waals surface area contributed by atoms with Gasteiger partial charge in [-0.05, 0) is 59.9 Å². The van der Waals surface area contributed by atoms with Crippen molar-refractivity contribution in [3.63, 3.8) is 0 Å². The van der Waals surface area contributed by atoms with Gasteiger partial charge in [-0.3, -0.25) is 14.6 Å². The van der Waals surface area contributed by atoms with Gasteiger partial charge in [0.2, 0.25) is 0 Å². The fourth-order valence-corrected chi connectivity index (χ4v) is 4.50. The van der Waals surface area contributed by atoms with Crippen molar-refractivity contribution in [3.8, 4) is 11.5 Å². The number of benzene rings is 2. The second-order valence-electron chi connectivity index (χ2n) is 9.45. The number of fused-ring (bicyclic) bond motifs is 1. The minimum atomic E-state index is -4.80. The van der Waals surface area contributed by atoms with Gasteiger partial charge in [0.1, 0.15) is 11.5 Å². The first-order chi connectivity index (χ1) is 19.5. The van der Waals surface area contributed by atoms with Crippen LogP contribution in [0.15, 0.2) is 48.7 Å². The molecule has 0 saturated heterocycles. The maximum atomic E-state index is 13.6. The monoisotopic (exact) mass is 577 g/mol. The van der Waals surface area contributed by atoms with Crippen LogP contribution in [0, 0.1) is 0 Å². The number of ether oxygens (including phenoxy) is 2. The molecule has 0 spiro atoms. The highest BCUT2D eigenvalue weighted by Crippen LogP contribution is 2.35. The first-order valence-corrected chi connectivity index (χ1v) is 12.9. The standard InChI is InChI=1S/C29H28F5N3O4/c1-3-17-4-5-21(35-15-17)7-9-41-24-14-23(40-2)12-19-6-8-37(28(39)25(19)24)16-18-10-20(29(32,33)34)13-22(11-18)36-27(38)26(30)31/h4-5,10-15,26H,3,6-9,16H2,1-2H3,(H,36,38). The molecule has 0 fully saturated rings. The average Bonchev–Trinajstić information content (AvgIpc) is 2.94. The third-order valence-electron chi connectivity index (χ3n) is 6.61. The molecule has 1 aliphatic heterocycles. The Labute approximate surface area is 233 Å². The first-order valence-electron chi connectivity index (χ1n) is 12.9. The zero-order valence-corrected chi connectivity index (χ0v) is 22.4. The van der Waals surface area contributed by atoms with Crippen molar-refractivity contribution in [2.45, 2.75) is 45.3 Å². The number of hydrogen-bond acceptors (Lipinski definition) is 5. The predicted molar refractivity (Wildman–Crippen MR) is 140 cm³/mol. The molecule has 0 saturated carbocycles. The van der Waals surface area contributed by atoms with E-state index in [-0.39, 0.29) is 36.6 Å². The summed E-state index contributed by atoms with van der Waals surface area (Å²) >= 11 is 0. The second kappa shape index (κ2) is 12.5. The molecule has 0 unspecified atom stereocenters. The van der Waals surface area contributed by atoms with Crippen molar-refractivity contribution in [1.82, 2.24) is 9.88 Å². The number of nitrogens with one attached hydrogen (secondary N) is 1. The van der Waals surface area contributed by atoms with Crippen molar-refractivity contribution in [2.75, 3.05) is 25.6 Å². The minimum Gasteiger partial charge on any atom is -0.497 e. The summed E-state index contributed by atoms with van der Waals surface area (Å²) in [4.78, 5) is 30.8. The summed E-state index contributed by atoms with van der Waals surface area (Å²) in [6, 6.07) is 9.71. The minimum absolute atomic E-state index is 0.0128. The lowest BCUT2D eigenvalue weighted by Crippen LogP contribution is -2.37. The Morgan fingerprint density at radius 2 is 1.90 bits per heavy atom. The number of hydrogen-bond donors (Lipinski definition) is 1. The van der Waals surface area contributed by atoms with Gasteiger partial charge < -0.3 is 19.7 Å². The Balaban J connectivity index is 1.57. The van der Waals surface area contributed by atoms with Gasteiger partial charge in [0, 0.05) is 43.2 Å². The SMILES string of the molecule is CCc1ccc(CCOc2cc(OC)cc3c2C(=O)N(Cc2cc(NC(=O)C(F)F)cc(C(F)(F)F)c2)CC3)nc1. The van der Waals surface area contributed by atoms with Crippen molar-refractivity contribution in [3.05, 3.63) is 82.2 Å². The quantitative estimate of drug-likeness (QED) is 0.313. The van der Waals surface area contributed by atoms with Crippen LogP contribution in [-0.2, 0) is 36.8 Å². The number of rotatable bonds is 10. The number of carbonyl (C=O) groups excluding carboxylic acids is 2. The summed E-state index contributed by atoms with van der Waals surface area (Å²) in [5.74, 6) is -1.44. The van der Waals surface area contributed by atoms with E-state index >= 15 is 0 Å². The van der Waals surface area contributed by atoms with E-state index in [1.807, 2.05) is 19.1 Å². The smallest absolute Gasteiger partial charge is 0.416 e. The van der Waals surface area contributed by atoms with Crippen LogP contribution in [0.3, 0.4) is 0 Å². The van der Waals surface area contributed by atoms with Gasteiger partial charge in [-0.15, -0.1) is 0 Å². The van der Waals surface area contributed by atoms with Gasteiger partial charge in [-0.25, -0.2) is 0 Å². The molecule has 1 N–H and O–H groups in total. The highest BCUT2D eigenvalue weighted by molar-refractivity contribution is 6.00. The molecule has 0 aliphatic carbocycles. The van der Waals surface area contributed by atoms with Gasteiger partial charge in [0.15, 0.2) is 0 Å². The van der Waals surface area contributed by atoms with Crippen LogP contribution in [0.4, 0.5) is 27.6 Å². The molecule has 218 valence electrons. The zero-order valence-electron chi connectivity index (χ0n) is 22.4. The summed E-state index contributed by atoms with van der Waals surface area (Å²) in [5, 5.41) is 1.79. The molecule has 4 rings (SSSR count). The molecule has 0 radical (unpaired) electrons. The number of nitrogens with zero attached hydrogens (tertiary/aromatic N) is 2. The molecule has 0 atom stereocenters. The Morgan fingerprint density at radius 1 is 1.12 bits per heavy atom. The van der Waals surface area contributed by atoms with E-state index in [4.69, 9.17) is 9.47 Å². The molecule has 12 heteroatoms. The molecule has 7 nitrogen and oxygen atoms in total. The molecular formula is C29H28F5N3O4. The van der Waals surface area contributed by atoms with Gasteiger partial charge in [0.25, 0.3) is 11.8 Å². The molecule has 0 bridgehead atoms. The number of amides is 2. The van der Waals surface area contributed by atoms with Crippen molar-refractivity contribution in [2.24, 2.45) is 0 Å². The Bertz CT molecular complexity index is 1410. The highest BCUT2D eigenvalue weighted by Gasteiger charge is 2.33. The fraction of sp³-hybridized carbons (Fsp3) is 0.345. The molecule has 2 amide bonds. The average molecular weight is 578 g/mol. The van der Waals surface area contributed by atoms with E-state index in [0.29, 0.717) is 30.2 Å². The molecule has 2 heterocycles. The highest BCUT2D eigenvalue weighted by atomic mass is 19.4. The van der Waals surface area contributed by atoms with Crippen molar-refractivity contribution >= 4 is 17.5 Å². The van der Waals surface area contributed by atoms with Crippen LogP contribution in [0.5, 0.6) is 11.5 Å². The molecule has 2 aromatic carbocycles. The predicted octanol–water partition coefficient (Wildman–Crippen LogP) is 5.70. The van der Waals surface area contributed by atoms with Gasteiger partial charge >= 0.3 is 12.6 Å². The van der Waals surface area contributed by atoms with Crippen LogP contribution in [-0.4, -0.2) is 48.4 Å². The number of anilines is 1. The Hall–Kier alpha value is -4.22. The number of alkyl halides is 5. The lowest BCUT2D eigenvalue weighted by Gasteiger charge is -2.30. The van der Waals surface area contributed by atoms with E-state index < -0.39 is 35.7 Å². The van der Waals surface area contributed by atoms with Crippen LogP contribution in [0.1, 0.15) is 45.2 Å². The largest absolute Gasteiger partial charge is 0.497 e. The topological polar surface area (TPSA) is 80.8 Å². The van der Waals surface area contributed by atoms with E-state index in [9.17, 15) is 31.5 Å². The summed E-state index contributed by atoms with van der Waals surface area (Å²) in [7, 11) is 1.49. The molecule has 1 aliphatic rings. The Morgan fingerprint density at radius 3 is 2.54 bits per heavy atom. The summed E-state index contributed by atoms with van der Waals surface area (Å²) < 4.78 is 77.3. The molecule has 41 heavy (non-hydrogen) atoms. The summed E-state index contributed by atoms with van der Waals surface area (Å²) in [6.45, 7) is 2.18. The van der Waals surface area contributed by atoms with Gasteiger partial charge in [-0.2, -0.15) is 22.0 Å². The third kappa shape index (κ3) is 7.30. The van der Waals surface area contributed by atoms with E-state index in [1.54, 1.807) is 23.6 Å². The fourth-order valence-electron chi connectivity index (χ4n) is 4.50. The van der Waals surface area contributed by atoms with Gasteiger partial charge in [-0.1, -0.05) is 13.0 Å². The number of carbonyl (C=O) groups is 2. The van der Waals surface area contributed by atoms with Crippen LogP contribution >= 0.6 is 0 Å². The number of halogens is 5. The normalized spacial score (nSPS) is 13.3. The molecular weight excluding hydrogens is 549 g/mol. The van der Waals surface area contributed by atoms with E-state index in [0.717, 1.165) is 29.8 Å². The first kappa shape index (κ1) is 29.8. The van der Waals surface area contributed by atoms with Crippen molar-refractivity contribution < 1.29 is 41.0 Å². The van der Waals surface area contributed by atoms with Crippen LogP contribution in [0.25, 0.3) is 0 Å². The maximum absolute atomic E-state index is 13.6. The van der Waals surface area contributed by atoms with E-state index in [2.05, 4.69) is 4.98 Å². The van der Waals surface area contributed by atoms with Crippen LogP contribution in [0.2, 0.25) is 0 Å². The number of pyridine rings is 1. The summed E-state index contributed by atoms with van der Waals surface area (Å²) in [5.41, 5.74) is 1.28. The third-order valence-corrected chi connectivity index (χ3v) is 6.61. The van der Waals surface area contributed by atoms with Crippen LogP contribution < -0.4 is 14.8 Å². The molecule has 3 aromatic rings. The number of aromatic nitrogens is 1. The number of aryl methyl sites for hydroxylation is 1. The van der Waals surface area contributed by atoms with Gasteiger partial charge in [0.05, 0.1) is 24.8 Å². The zero-order chi connectivity index (χ0) is 29.7. The second-order valence-corrected chi connectivity index (χ2v) is 9.45. The lowest BCUT2D eigenvalue weighted by molar-refractivity contribution is -0.137. The Kier molecular flexibility index (Phi) is 9.09. The lowest BCUT2D eigenvalue weighted by atomic mass is 9.96. The summed E-state index contributed by atoms with van der Waals surface area (Å²) in [6.07, 6.45) is -4.70.